The Kier molecular flexibility index (Phi) is 5.05. The Morgan fingerprint density at radius 2 is 2.15 bits per heavy atom. The summed E-state index contributed by atoms with van der Waals surface area (Å²) in [4.78, 5) is 12.3. The van der Waals surface area contributed by atoms with Gasteiger partial charge < -0.3 is 14.8 Å². The van der Waals surface area contributed by atoms with Crippen molar-refractivity contribution in [2.45, 2.75) is 19.8 Å². The number of amides is 1. The highest BCUT2D eigenvalue weighted by Gasteiger charge is 2.28. The summed E-state index contributed by atoms with van der Waals surface area (Å²) in [6, 6.07) is 5.39. The fourth-order valence-electron chi connectivity index (χ4n) is 2.24. The lowest BCUT2D eigenvalue weighted by Crippen LogP contribution is -2.39. The molecule has 0 unspecified atom stereocenters. The molecule has 1 aromatic carbocycles. The molecule has 1 amide bonds. The summed E-state index contributed by atoms with van der Waals surface area (Å²) in [5.74, 6) is 0.596. The van der Waals surface area contributed by atoms with Crippen LogP contribution >= 0.6 is 15.9 Å². The smallest absolute Gasteiger partial charge is 0.252 e. The second-order valence-electron chi connectivity index (χ2n) is 5.45. The Hall–Kier alpha value is -1.07. The van der Waals surface area contributed by atoms with Gasteiger partial charge in [-0.05, 0) is 52.4 Å². The first-order valence-corrected chi connectivity index (χ1v) is 7.53. The molecule has 1 aliphatic heterocycles. The molecule has 0 radical (unpaired) electrons. The van der Waals surface area contributed by atoms with Gasteiger partial charge in [-0.25, -0.2) is 0 Å². The van der Waals surface area contributed by atoms with Crippen molar-refractivity contribution in [3.8, 4) is 5.75 Å². The third kappa shape index (κ3) is 3.73. The third-order valence-corrected chi connectivity index (χ3v) is 4.49. The molecule has 0 aliphatic carbocycles. The van der Waals surface area contributed by atoms with Crippen LogP contribution < -0.4 is 10.1 Å². The Morgan fingerprint density at radius 1 is 1.45 bits per heavy atom. The molecule has 0 aromatic heterocycles. The number of rotatable bonds is 4. The van der Waals surface area contributed by atoms with Gasteiger partial charge in [0.1, 0.15) is 5.75 Å². The second kappa shape index (κ2) is 6.59. The lowest BCUT2D eigenvalue weighted by Gasteiger charge is -2.33. The molecule has 1 aliphatic rings. The first-order chi connectivity index (χ1) is 9.54. The highest BCUT2D eigenvalue weighted by Crippen LogP contribution is 2.29. The Balaban J connectivity index is 2.01. The van der Waals surface area contributed by atoms with Crippen LogP contribution in [0.4, 0.5) is 0 Å². The molecule has 1 fully saturated rings. The lowest BCUT2D eigenvalue weighted by atomic mass is 9.82. The fraction of sp³-hybridized carbons (Fsp3) is 0.533. The van der Waals surface area contributed by atoms with Gasteiger partial charge in [0, 0.05) is 24.2 Å². The van der Waals surface area contributed by atoms with E-state index in [2.05, 4.69) is 28.2 Å². The number of hydrogen-bond donors (Lipinski definition) is 1. The van der Waals surface area contributed by atoms with Gasteiger partial charge in [0.25, 0.3) is 5.91 Å². The minimum absolute atomic E-state index is 0.0801. The first-order valence-electron chi connectivity index (χ1n) is 6.74. The van der Waals surface area contributed by atoms with Crippen molar-refractivity contribution < 1.29 is 14.3 Å². The number of methoxy groups -OCH3 is 1. The van der Waals surface area contributed by atoms with Crippen LogP contribution in [0, 0.1) is 5.41 Å². The van der Waals surface area contributed by atoms with E-state index in [0.717, 1.165) is 30.5 Å². The van der Waals surface area contributed by atoms with Crippen molar-refractivity contribution in [3.63, 3.8) is 0 Å². The summed E-state index contributed by atoms with van der Waals surface area (Å²) in [6.45, 7) is 4.40. The van der Waals surface area contributed by atoms with Crippen LogP contribution in [0.5, 0.6) is 5.75 Å². The van der Waals surface area contributed by atoms with Crippen molar-refractivity contribution in [2.24, 2.45) is 5.41 Å². The molecule has 20 heavy (non-hydrogen) atoms. The first kappa shape index (κ1) is 15.3. The van der Waals surface area contributed by atoms with Crippen LogP contribution in [-0.2, 0) is 4.74 Å². The molecular weight excluding hydrogens is 322 g/mol. The fourth-order valence-corrected chi connectivity index (χ4v) is 2.66. The SMILES string of the molecule is COc1ccc(Br)c(C(=O)NCC2(C)CCOCC2)c1. The Bertz CT molecular complexity index is 484. The van der Waals surface area contributed by atoms with Gasteiger partial charge in [0.05, 0.1) is 12.7 Å². The van der Waals surface area contributed by atoms with Gasteiger partial charge in [-0.2, -0.15) is 0 Å². The van der Waals surface area contributed by atoms with Crippen LogP contribution in [-0.4, -0.2) is 32.8 Å². The zero-order valence-electron chi connectivity index (χ0n) is 11.9. The number of hydrogen-bond acceptors (Lipinski definition) is 3. The van der Waals surface area contributed by atoms with Crippen molar-refractivity contribution in [1.29, 1.82) is 0 Å². The topological polar surface area (TPSA) is 47.6 Å². The normalized spacial score (nSPS) is 17.6. The molecule has 5 heteroatoms. The van der Waals surface area contributed by atoms with Crippen LogP contribution in [0.3, 0.4) is 0 Å². The number of halogens is 1. The summed E-state index contributed by atoms with van der Waals surface area (Å²) in [7, 11) is 1.59. The monoisotopic (exact) mass is 341 g/mol. The van der Waals surface area contributed by atoms with Crippen LogP contribution in [0.25, 0.3) is 0 Å². The molecule has 1 aromatic rings. The number of carbonyl (C=O) groups excluding carboxylic acids is 1. The number of benzene rings is 1. The molecule has 4 nitrogen and oxygen atoms in total. The van der Waals surface area contributed by atoms with E-state index in [-0.39, 0.29) is 11.3 Å². The molecule has 2 rings (SSSR count). The van der Waals surface area contributed by atoms with E-state index < -0.39 is 0 Å². The zero-order valence-corrected chi connectivity index (χ0v) is 13.5. The Morgan fingerprint density at radius 3 is 2.80 bits per heavy atom. The lowest BCUT2D eigenvalue weighted by molar-refractivity contribution is 0.0238. The van der Waals surface area contributed by atoms with Gasteiger partial charge >= 0.3 is 0 Å². The van der Waals surface area contributed by atoms with E-state index in [1.807, 2.05) is 12.1 Å². The average molecular weight is 342 g/mol. The summed E-state index contributed by atoms with van der Waals surface area (Å²) in [5.41, 5.74) is 0.721. The van der Waals surface area contributed by atoms with E-state index >= 15 is 0 Å². The molecular formula is C15H20BrNO3. The number of ether oxygens (including phenoxy) is 2. The molecule has 1 heterocycles. The van der Waals surface area contributed by atoms with E-state index in [1.54, 1.807) is 13.2 Å². The van der Waals surface area contributed by atoms with Crippen molar-refractivity contribution >= 4 is 21.8 Å². The highest BCUT2D eigenvalue weighted by atomic mass is 79.9. The van der Waals surface area contributed by atoms with E-state index in [9.17, 15) is 4.79 Å². The maximum absolute atomic E-state index is 12.3. The quantitative estimate of drug-likeness (QED) is 0.915. The minimum Gasteiger partial charge on any atom is -0.497 e. The van der Waals surface area contributed by atoms with Gasteiger partial charge in [-0.1, -0.05) is 6.92 Å². The summed E-state index contributed by atoms with van der Waals surface area (Å²) >= 11 is 3.40. The molecule has 0 bridgehead atoms. The molecule has 0 saturated carbocycles. The predicted molar refractivity (Wildman–Crippen MR) is 81.2 cm³/mol. The molecule has 0 atom stereocenters. The maximum Gasteiger partial charge on any atom is 0.252 e. The zero-order chi connectivity index (χ0) is 14.6. The summed E-state index contributed by atoms with van der Waals surface area (Å²) in [5, 5.41) is 3.02. The van der Waals surface area contributed by atoms with E-state index in [4.69, 9.17) is 9.47 Å². The van der Waals surface area contributed by atoms with Gasteiger partial charge in [0.15, 0.2) is 0 Å². The van der Waals surface area contributed by atoms with Gasteiger partial charge in [-0.15, -0.1) is 0 Å². The molecule has 1 saturated heterocycles. The highest BCUT2D eigenvalue weighted by molar-refractivity contribution is 9.10. The maximum atomic E-state index is 12.3. The van der Waals surface area contributed by atoms with Crippen molar-refractivity contribution in [3.05, 3.63) is 28.2 Å². The minimum atomic E-state index is -0.0801. The van der Waals surface area contributed by atoms with Crippen molar-refractivity contribution in [2.75, 3.05) is 26.9 Å². The second-order valence-corrected chi connectivity index (χ2v) is 6.31. The van der Waals surface area contributed by atoms with Gasteiger partial charge in [-0.3, -0.25) is 4.79 Å². The predicted octanol–water partition coefficient (Wildman–Crippen LogP) is 3.00. The number of carbonyl (C=O) groups is 1. The Labute approximate surface area is 128 Å². The molecule has 1 N–H and O–H groups in total. The van der Waals surface area contributed by atoms with Crippen molar-refractivity contribution in [1.82, 2.24) is 5.32 Å². The standard InChI is InChI=1S/C15H20BrNO3/c1-15(5-7-20-8-6-15)10-17-14(18)12-9-11(19-2)3-4-13(12)16/h3-4,9H,5-8,10H2,1-2H3,(H,17,18). The van der Waals surface area contributed by atoms with E-state index in [1.165, 1.54) is 0 Å². The molecule has 110 valence electrons. The van der Waals surface area contributed by atoms with Gasteiger partial charge in [0.2, 0.25) is 0 Å². The largest absolute Gasteiger partial charge is 0.497 e. The van der Waals surface area contributed by atoms with Crippen LogP contribution in [0.15, 0.2) is 22.7 Å². The molecule has 0 spiro atoms. The number of nitrogens with one attached hydrogen (secondary N) is 1. The summed E-state index contributed by atoms with van der Waals surface area (Å²) < 4.78 is 11.3. The van der Waals surface area contributed by atoms with Crippen LogP contribution in [0.2, 0.25) is 0 Å². The summed E-state index contributed by atoms with van der Waals surface area (Å²) in [6.07, 6.45) is 1.96. The third-order valence-electron chi connectivity index (χ3n) is 3.79. The van der Waals surface area contributed by atoms with E-state index in [0.29, 0.717) is 17.9 Å². The van der Waals surface area contributed by atoms with Crippen LogP contribution in [0.1, 0.15) is 30.1 Å². The average Bonchev–Trinajstić information content (AvgIpc) is 2.46.